The zero-order valence-electron chi connectivity index (χ0n) is 11.6. The highest BCUT2D eigenvalue weighted by Crippen LogP contribution is 2.21. The molecule has 0 saturated carbocycles. The second-order valence-electron chi connectivity index (χ2n) is 5.71. The Bertz CT molecular complexity index is 228. The number of nitrogens with zero attached hydrogens (tertiary/aromatic N) is 1. The quantitative estimate of drug-likeness (QED) is 0.760. The van der Waals surface area contributed by atoms with Crippen molar-refractivity contribution in [1.29, 1.82) is 0 Å². The molecule has 2 atom stereocenters. The third kappa shape index (κ3) is 3.92. The fourth-order valence-electron chi connectivity index (χ4n) is 3.19. The number of hydrogen-bond acceptors (Lipinski definition) is 4. The van der Waals surface area contributed by atoms with Crippen LogP contribution in [0.4, 0.5) is 0 Å². The minimum absolute atomic E-state index is 0.362. The van der Waals surface area contributed by atoms with Gasteiger partial charge in [0.2, 0.25) is 0 Å². The van der Waals surface area contributed by atoms with Crippen LogP contribution in [0.25, 0.3) is 0 Å². The largest absolute Gasteiger partial charge is 0.396 e. The Morgan fingerprint density at radius 1 is 1.28 bits per heavy atom. The molecule has 2 N–H and O–H groups in total. The summed E-state index contributed by atoms with van der Waals surface area (Å²) in [5.41, 5.74) is 0. The minimum Gasteiger partial charge on any atom is -0.396 e. The molecule has 2 fully saturated rings. The number of likely N-dealkylation sites (tertiary alicyclic amines) is 1. The predicted molar refractivity (Wildman–Crippen MR) is 72.6 cm³/mol. The second kappa shape index (κ2) is 7.43. The van der Waals surface area contributed by atoms with Gasteiger partial charge in [0.1, 0.15) is 0 Å². The van der Waals surface area contributed by atoms with E-state index >= 15 is 0 Å². The molecule has 0 bridgehead atoms. The van der Waals surface area contributed by atoms with E-state index in [9.17, 15) is 0 Å². The molecule has 0 amide bonds. The van der Waals surface area contributed by atoms with E-state index in [1.165, 1.54) is 0 Å². The van der Waals surface area contributed by atoms with Crippen molar-refractivity contribution in [2.75, 3.05) is 46.0 Å². The third-order valence-electron chi connectivity index (χ3n) is 4.40. The standard InChI is InChI=1S/C14H28N2O2/c1-2-15-14-5-8-18-11-13(14)9-16-6-3-12(10-17)4-7-16/h12-15,17H,2-11H2,1H3. The zero-order valence-corrected chi connectivity index (χ0v) is 11.6. The fraction of sp³-hybridized carbons (Fsp3) is 1.00. The lowest BCUT2D eigenvalue weighted by atomic mass is 9.92. The summed E-state index contributed by atoms with van der Waals surface area (Å²) in [5, 5.41) is 12.8. The van der Waals surface area contributed by atoms with Gasteiger partial charge in [0, 0.05) is 31.7 Å². The normalized spacial score (nSPS) is 31.7. The van der Waals surface area contributed by atoms with E-state index < -0.39 is 0 Å². The number of rotatable bonds is 5. The molecule has 4 nitrogen and oxygen atoms in total. The van der Waals surface area contributed by atoms with Crippen LogP contribution in [-0.2, 0) is 4.74 Å². The molecule has 0 aromatic heterocycles. The van der Waals surface area contributed by atoms with E-state index in [0.29, 0.717) is 24.5 Å². The summed E-state index contributed by atoms with van der Waals surface area (Å²) in [6, 6.07) is 0.624. The highest BCUT2D eigenvalue weighted by Gasteiger charge is 2.28. The fourth-order valence-corrected chi connectivity index (χ4v) is 3.19. The Labute approximate surface area is 111 Å². The first-order valence-corrected chi connectivity index (χ1v) is 7.47. The summed E-state index contributed by atoms with van der Waals surface area (Å²) in [6.07, 6.45) is 3.44. The summed E-state index contributed by atoms with van der Waals surface area (Å²) in [7, 11) is 0. The molecule has 2 unspecified atom stereocenters. The molecule has 4 heteroatoms. The Hall–Kier alpha value is -0.160. The Balaban J connectivity index is 1.77. The van der Waals surface area contributed by atoms with Crippen molar-refractivity contribution in [2.24, 2.45) is 11.8 Å². The van der Waals surface area contributed by atoms with Gasteiger partial charge in [-0.25, -0.2) is 0 Å². The van der Waals surface area contributed by atoms with Crippen molar-refractivity contribution >= 4 is 0 Å². The van der Waals surface area contributed by atoms with E-state index in [-0.39, 0.29) is 0 Å². The van der Waals surface area contributed by atoms with Crippen LogP contribution in [0.15, 0.2) is 0 Å². The van der Waals surface area contributed by atoms with Crippen LogP contribution in [0, 0.1) is 11.8 Å². The van der Waals surface area contributed by atoms with E-state index in [2.05, 4.69) is 17.1 Å². The average molecular weight is 256 g/mol. The van der Waals surface area contributed by atoms with E-state index in [1.807, 2.05) is 0 Å². The number of piperidine rings is 1. The van der Waals surface area contributed by atoms with Gasteiger partial charge in [-0.3, -0.25) is 0 Å². The van der Waals surface area contributed by atoms with Gasteiger partial charge in [-0.15, -0.1) is 0 Å². The van der Waals surface area contributed by atoms with Crippen molar-refractivity contribution in [3.8, 4) is 0 Å². The summed E-state index contributed by atoms with van der Waals surface area (Å²) < 4.78 is 5.64. The van der Waals surface area contributed by atoms with Crippen LogP contribution in [0.3, 0.4) is 0 Å². The molecule has 0 radical (unpaired) electrons. The van der Waals surface area contributed by atoms with E-state index in [4.69, 9.17) is 9.84 Å². The second-order valence-corrected chi connectivity index (χ2v) is 5.71. The molecular weight excluding hydrogens is 228 g/mol. The maximum absolute atomic E-state index is 9.16. The number of ether oxygens (including phenoxy) is 1. The number of hydrogen-bond donors (Lipinski definition) is 2. The summed E-state index contributed by atoms with van der Waals surface area (Å²) >= 11 is 0. The molecule has 106 valence electrons. The lowest BCUT2D eigenvalue weighted by Crippen LogP contribution is -2.49. The van der Waals surface area contributed by atoms with E-state index in [1.54, 1.807) is 0 Å². The van der Waals surface area contributed by atoms with Crippen molar-refractivity contribution in [1.82, 2.24) is 10.2 Å². The molecule has 0 aromatic rings. The summed E-state index contributed by atoms with van der Waals surface area (Å²) in [4.78, 5) is 2.55. The monoisotopic (exact) mass is 256 g/mol. The molecule has 0 aromatic carbocycles. The molecule has 2 aliphatic heterocycles. The molecule has 2 heterocycles. The zero-order chi connectivity index (χ0) is 12.8. The Morgan fingerprint density at radius 2 is 2.06 bits per heavy atom. The van der Waals surface area contributed by atoms with Crippen LogP contribution < -0.4 is 5.32 Å². The van der Waals surface area contributed by atoms with Gasteiger partial charge < -0.3 is 20.1 Å². The van der Waals surface area contributed by atoms with Crippen molar-refractivity contribution in [3.63, 3.8) is 0 Å². The smallest absolute Gasteiger partial charge is 0.0521 e. The van der Waals surface area contributed by atoms with Gasteiger partial charge in [0.15, 0.2) is 0 Å². The van der Waals surface area contributed by atoms with Crippen molar-refractivity contribution in [2.45, 2.75) is 32.2 Å². The topological polar surface area (TPSA) is 44.7 Å². The first-order valence-electron chi connectivity index (χ1n) is 7.47. The first kappa shape index (κ1) is 14.3. The van der Waals surface area contributed by atoms with Gasteiger partial charge >= 0.3 is 0 Å². The van der Waals surface area contributed by atoms with Gasteiger partial charge in [0.05, 0.1) is 6.61 Å². The Kier molecular flexibility index (Phi) is 5.89. The maximum Gasteiger partial charge on any atom is 0.0521 e. The minimum atomic E-state index is 0.362. The number of aliphatic hydroxyl groups excluding tert-OH is 1. The van der Waals surface area contributed by atoms with Gasteiger partial charge in [-0.2, -0.15) is 0 Å². The third-order valence-corrected chi connectivity index (χ3v) is 4.40. The molecule has 0 aliphatic carbocycles. The number of aliphatic hydroxyl groups is 1. The van der Waals surface area contributed by atoms with Crippen LogP contribution in [0.2, 0.25) is 0 Å². The average Bonchev–Trinajstić information content (AvgIpc) is 2.42. The molecule has 2 rings (SSSR count). The van der Waals surface area contributed by atoms with Gasteiger partial charge in [-0.1, -0.05) is 6.92 Å². The summed E-state index contributed by atoms with van der Waals surface area (Å²) in [6.45, 7) is 8.82. The molecule has 2 saturated heterocycles. The summed E-state index contributed by atoms with van der Waals surface area (Å²) in [5.74, 6) is 1.16. The van der Waals surface area contributed by atoms with E-state index in [0.717, 1.165) is 58.7 Å². The number of nitrogens with one attached hydrogen (secondary N) is 1. The lowest BCUT2D eigenvalue weighted by molar-refractivity contribution is 0.0103. The highest BCUT2D eigenvalue weighted by atomic mass is 16.5. The lowest BCUT2D eigenvalue weighted by Gasteiger charge is -2.38. The van der Waals surface area contributed by atoms with Crippen LogP contribution >= 0.6 is 0 Å². The molecule has 2 aliphatic rings. The predicted octanol–water partition coefficient (Wildman–Crippen LogP) is 0.705. The van der Waals surface area contributed by atoms with Gasteiger partial charge in [-0.05, 0) is 44.8 Å². The highest BCUT2D eigenvalue weighted by molar-refractivity contribution is 4.83. The molecular formula is C14H28N2O2. The van der Waals surface area contributed by atoms with Crippen LogP contribution in [0.5, 0.6) is 0 Å². The SMILES string of the molecule is CCNC1CCOCC1CN1CCC(CO)CC1. The molecule has 0 spiro atoms. The molecule has 18 heavy (non-hydrogen) atoms. The van der Waals surface area contributed by atoms with Crippen LogP contribution in [0.1, 0.15) is 26.2 Å². The Morgan fingerprint density at radius 3 is 2.72 bits per heavy atom. The van der Waals surface area contributed by atoms with Crippen molar-refractivity contribution < 1.29 is 9.84 Å². The first-order chi connectivity index (χ1) is 8.83. The van der Waals surface area contributed by atoms with Gasteiger partial charge in [0.25, 0.3) is 0 Å². The van der Waals surface area contributed by atoms with Crippen LogP contribution in [-0.4, -0.2) is 62.0 Å². The maximum atomic E-state index is 9.16. The van der Waals surface area contributed by atoms with Crippen molar-refractivity contribution in [3.05, 3.63) is 0 Å².